The fourth-order valence-corrected chi connectivity index (χ4v) is 4.07. The van der Waals surface area contributed by atoms with Crippen LogP contribution in [0.4, 0.5) is 21.6 Å². The molecule has 3 heterocycles. The van der Waals surface area contributed by atoms with Crippen LogP contribution in [0.25, 0.3) is 10.9 Å². The van der Waals surface area contributed by atoms with E-state index < -0.39 is 5.82 Å². The lowest BCUT2D eigenvalue weighted by Gasteiger charge is -2.21. The maximum atomic E-state index is 13.5. The molecule has 0 aliphatic carbocycles. The molecule has 162 valence electrons. The molecule has 2 aliphatic rings. The van der Waals surface area contributed by atoms with Crippen molar-refractivity contribution in [2.75, 3.05) is 36.9 Å². The van der Waals surface area contributed by atoms with E-state index >= 15 is 0 Å². The van der Waals surface area contributed by atoms with Gasteiger partial charge in [-0.25, -0.2) is 14.4 Å². The quantitative estimate of drug-likeness (QED) is 0.529. The normalized spacial score (nSPS) is 20.8. The van der Waals surface area contributed by atoms with Crippen LogP contribution in [0.3, 0.4) is 0 Å². The van der Waals surface area contributed by atoms with Gasteiger partial charge >= 0.3 is 0 Å². The van der Waals surface area contributed by atoms with Crippen molar-refractivity contribution in [1.82, 2.24) is 15.3 Å². The molecule has 0 bridgehead atoms. The Morgan fingerprint density at radius 2 is 2.13 bits per heavy atom. The largest absolute Gasteiger partial charge is 0.486 e. The van der Waals surface area contributed by atoms with E-state index in [1.165, 1.54) is 18.5 Å². The number of hydrogen-bond acceptors (Lipinski definition) is 7. The third-order valence-electron chi connectivity index (χ3n) is 5.52. The van der Waals surface area contributed by atoms with Gasteiger partial charge in [-0.2, -0.15) is 0 Å². The predicted molar refractivity (Wildman–Crippen MR) is 119 cm³/mol. The third kappa shape index (κ3) is 4.51. The molecule has 2 fully saturated rings. The summed E-state index contributed by atoms with van der Waals surface area (Å²) in [6.07, 6.45) is 3.42. The van der Waals surface area contributed by atoms with Crippen LogP contribution in [-0.2, 0) is 4.74 Å². The lowest BCUT2D eigenvalue weighted by atomic mass is 10.1. The zero-order valence-corrected chi connectivity index (χ0v) is 17.6. The smallest absolute Gasteiger partial charge is 0.145 e. The molecule has 3 N–H and O–H groups in total. The maximum absolute atomic E-state index is 13.5. The van der Waals surface area contributed by atoms with Gasteiger partial charge in [0.05, 0.1) is 29.4 Å². The summed E-state index contributed by atoms with van der Waals surface area (Å²) < 4.78 is 25.3. The van der Waals surface area contributed by atoms with Crippen molar-refractivity contribution in [3.8, 4) is 5.75 Å². The molecule has 2 atom stereocenters. The van der Waals surface area contributed by atoms with Crippen LogP contribution in [0.5, 0.6) is 5.75 Å². The van der Waals surface area contributed by atoms with Gasteiger partial charge in [0, 0.05) is 36.1 Å². The molecule has 0 radical (unpaired) electrons. The highest BCUT2D eigenvalue weighted by atomic mass is 35.5. The third-order valence-corrected chi connectivity index (χ3v) is 5.81. The fraction of sp³-hybridized carbons (Fsp3) is 0.364. The second-order valence-corrected chi connectivity index (χ2v) is 8.19. The number of aromatic nitrogens is 2. The first-order chi connectivity index (χ1) is 15.2. The standard InChI is InChI=1S/C22H23ClFN5O2/c23-17-7-13(1-2-18(17)24)29-22-16-8-20(28-14-3-5-25-10-14)21(9-19(16)26-12-27-22)31-15-4-6-30-11-15/h1-2,7-9,12,14-15,25,28H,3-6,10-11H2,(H,26,27,29). The molecule has 0 spiro atoms. The lowest BCUT2D eigenvalue weighted by molar-refractivity contribution is 0.142. The Kier molecular flexibility index (Phi) is 5.76. The van der Waals surface area contributed by atoms with Gasteiger partial charge in [0.15, 0.2) is 0 Å². The molecule has 9 heteroatoms. The molecule has 2 aromatic carbocycles. The predicted octanol–water partition coefficient (Wildman–Crippen LogP) is 4.11. The summed E-state index contributed by atoms with van der Waals surface area (Å²) in [6, 6.07) is 8.73. The van der Waals surface area contributed by atoms with Crippen molar-refractivity contribution in [3.05, 3.63) is 47.5 Å². The highest BCUT2D eigenvalue weighted by Gasteiger charge is 2.22. The molecule has 3 aromatic rings. The fourth-order valence-electron chi connectivity index (χ4n) is 3.89. The van der Waals surface area contributed by atoms with Crippen molar-refractivity contribution in [1.29, 1.82) is 0 Å². The molecule has 2 unspecified atom stereocenters. The number of rotatable bonds is 6. The number of benzene rings is 2. The SMILES string of the molecule is Fc1ccc(Nc2ncnc3cc(OC4CCOC4)c(NC4CCNC4)cc23)cc1Cl. The van der Waals surface area contributed by atoms with E-state index in [0.29, 0.717) is 30.8 Å². The summed E-state index contributed by atoms with van der Waals surface area (Å²) in [6.45, 7) is 3.18. The summed E-state index contributed by atoms with van der Waals surface area (Å²) in [4.78, 5) is 8.83. The van der Waals surface area contributed by atoms with Gasteiger partial charge in [-0.1, -0.05) is 11.6 Å². The lowest BCUT2D eigenvalue weighted by Crippen LogP contribution is -2.23. The Labute approximate surface area is 184 Å². The second-order valence-electron chi connectivity index (χ2n) is 7.78. The van der Waals surface area contributed by atoms with Gasteiger partial charge in [0.1, 0.15) is 29.8 Å². The molecule has 31 heavy (non-hydrogen) atoms. The molecule has 1 aromatic heterocycles. The number of fused-ring (bicyclic) bond motifs is 1. The van der Waals surface area contributed by atoms with E-state index in [9.17, 15) is 4.39 Å². The molecular weight excluding hydrogens is 421 g/mol. The Balaban J connectivity index is 1.51. The van der Waals surface area contributed by atoms with Gasteiger partial charge in [-0.05, 0) is 37.2 Å². The van der Waals surface area contributed by atoms with E-state index in [2.05, 4.69) is 25.9 Å². The minimum absolute atomic E-state index is 0.0282. The minimum atomic E-state index is -0.464. The molecule has 2 aliphatic heterocycles. The topological polar surface area (TPSA) is 80.3 Å². The van der Waals surface area contributed by atoms with Crippen molar-refractivity contribution < 1.29 is 13.9 Å². The van der Waals surface area contributed by atoms with Crippen LogP contribution in [0.1, 0.15) is 12.8 Å². The average molecular weight is 444 g/mol. The second kappa shape index (κ2) is 8.82. The number of anilines is 3. The molecular formula is C22H23ClFN5O2. The summed E-state index contributed by atoms with van der Waals surface area (Å²) >= 11 is 5.93. The molecule has 5 rings (SSSR count). The average Bonchev–Trinajstić information content (AvgIpc) is 3.46. The first-order valence-corrected chi connectivity index (χ1v) is 10.8. The first-order valence-electron chi connectivity index (χ1n) is 10.4. The van der Waals surface area contributed by atoms with Crippen molar-refractivity contribution in [2.45, 2.75) is 25.0 Å². The van der Waals surface area contributed by atoms with Crippen LogP contribution in [0, 0.1) is 5.82 Å². The van der Waals surface area contributed by atoms with Crippen LogP contribution in [0.15, 0.2) is 36.7 Å². The van der Waals surface area contributed by atoms with Gasteiger partial charge in [-0.3, -0.25) is 0 Å². The van der Waals surface area contributed by atoms with Gasteiger partial charge in [-0.15, -0.1) is 0 Å². The summed E-state index contributed by atoms with van der Waals surface area (Å²) in [5.74, 6) is 0.898. The Morgan fingerprint density at radius 1 is 1.19 bits per heavy atom. The Bertz CT molecular complexity index is 1090. The summed E-state index contributed by atoms with van der Waals surface area (Å²) in [7, 11) is 0. The first kappa shape index (κ1) is 20.2. The van der Waals surface area contributed by atoms with Crippen LogP contribution < -0.4 is 20.7 Å². The number of halogens is 2. The monoisotopic (exact) mass is 443 g/mol. The molecule has 0 amide bonds. The Hall–Kier alpha value is -2.68. The minimum Gasteiger partial charge on any atom is -0.486 e. The van der Waals surface area contributed by atoms with Crippen LogP contribution >= 0.6 is 11.6 Å². The zero-order valence-electron chi connectivity index (χ0n) is 16.8. The van der Waals surface area contributed by atoms with E-state index in [1.54, 1.807) is 6.07 Å². The van der Waals surface area contributed by atoms with E-state index in [-0.39, 0.29) is 11.1 Å². The summed E-state index contributed by atoms with van der Waals surface area (Å²) in [5.41, 5.74) is 2.28. The molecule has 0 saturated carbocycles. The van der Waals surface area contributed by atoms with Crippen molar-refractivity contribution in [2.24, 2.45) is 0 Å². The zero-order chi connectivity index (χ0) is 21.2. The number of ether oxygens (including phenoxy) is 2. The highest BCUT2D eigenvalue weighted by Crippen LogP contribution is 2.35. The van der Waals surface area contributed by atoms with Crippen LogP contribution in [0.2, 0.25) is 5.02 Å². The van der Waals surface area contributed by atoms with Gasteiger partial charge in [0.2, 0.25) is 0 Å². The van der Waals surface area contributed by atoms with E-state index in [1.807, 2.05) is 12.1 Å². The molecule has 2 saturated heterocycles. The number of nitrogens with one attached hydrogen (secondary N) is 3. The summed E-state index contributed by atoms with van der Waals surface area (Å²) in [5, 5.41) is 11.1. The van der Waals surface area contributed by atoms with E-state index in [0.717, 1.165) is 48.3 Å². The van der Waals surface area contributed by atoms with Crippen LogP contribution in [-0.4, -0.2) is 48.4 Å². The highest BCUT2D eigenvalue weighted by molar-refractivity contribution is 6.31. The number of nitrogens with zero attached hydrogens (tertiary/aromatic N) is 2. The van der Waals surface area contributed by atoms with E-state index in [4.69, 9.17) is 21.1 Å². The van der Waals surface area contributed by atoms with Gasteiger partial charge < -0.3 is 25.4 Å². The maximum Gasteiger partial charge on any atom is 0.145 e. The number of hydrogen-bond donors (Lipinski definition) is 3. The Morgan fingerprint density at radius 3 is 2.90 bits per heavy atom. The van der Waals surface area contributed by atoms with Crippen molar-refractivity contribution >= 4 is 39.7 Å². The molecule has 7 nitrogen and oxygen atoms in total. The van der Waals surface area contributed by atoms with Crippen molar-refractivity contribution in [3.63, 3.8) is 0 Å². The van der Waals surface area contributed by atoms with Gasteiger partial charge in [0.25, 0.3) is 0 Å².